The minimum atomic E-state index is -0.756. The maximum absolute atomic E-state index is 12.6. The molecule has 3 rings (SSSR count). The Labute approximate surface area is 130 Å². The Morgan fingerprint density at radius 3 is 2.64 bits per heavy atom. The molecule has 22 heavy (non-hydrogen) atoms. The number of likely N-dealkylation sites (tertiary alicyclic amines) is 1. The van der Waals surface area contributed by atoms with Crippen LogP contribution in [0.3, 0.4) is 0 Å². The second kappa shape index (κ2) is 5.87. The molecule has 1 aliphatic carbocycles. The van der Waals surface area contributed by atoms with E-state index in [-0.39, 0.29) is 24.4 Å². The maximum atomic E-state index is 12.6. The van der Waals surface area contributed by atoms with Crippen LogP contribution in [0.25, 0.3) is 0 Å². The van der Waals surface area contributed by atoms with E-state index in [2.05, 4.69) is 5.32 Å². The molecule has 3 fully saturated rings. The number of rotatable bonds is 2. The molecule has 1 atom stereocenters. The van der Waals surface area contributed by atoms with Crippen LogP contribution in [0.15, 0.2) is 0 Å². The van der Waals surface area contributed by atoms with Crippen molar-refractivity contribution in [3.63, 3.8) is 0 Å². The smallest absolute Gasteiger partial charge is 0.325 e. The molecule has 7 nitrogen and oxygen atoms in total. The molecule has 3 N–H and O–H groups in total. The zero-order valence-electron chi connectivity index (χ0n) is 12.8. The molecule has 0 aromatic rings. The molecule has 2 heterocycles. The molecule has 0 aromatic heterocycles. The van der Waals surface area contributed by atoms with Gasteiger partial charge in [-0.15, -0.1) is 0 Å². The Hall–Kier alpha value is -1.63. The van der Waals surface area contributed by atoms with Crippen molar-refractivity contribution < 1.29 is 14.4 Å². The van der Waals surface area contributed by atoms with Gasteiger partial charge in [-0.2, -0.15) is 0 Å². The van der Waals surface area contributed by atoms with Crippen molar-refractivity contribution in [2.45, 2.75) is 56.5 Å². The third kappa shape index (κ3) is 2.69. The van der Waals surface area contributed by atoms with E-state index in [1.807, 2.05) is 0 Å². The van der Waals surface area contributed by atoms with Gasteiger partial charge in [0, 0.05) is 19.1 Å². The van der Waals surface area contributed by atoms with Crippen LogP contribution in [0.5, 0.6) is 0 Å². The largest absolute Gasteiger partial charge is 0.340 e. The third-order valence-electron chi connectivity index (χ3n) is 5.06. The van der Waals surface area contributed by atoms with Gasteiger partial charge in [-0.1, -0.05) is 19.3 Å². The van der Waals surface area contributed by atoms with E-state index in [0.717, 1.165) is 37.0 Å². The highest BCUT2D eigenvalue weighted by molar-refractivity contribution is 6.09. The first kappa shape index (κ1) is 15.3. The molecule has 2 saturated heterocycles. The summed E-state index contributed by atoms with van der Waals surface area (Å²) < 4.78 is 0. The standard InChI is InChI=1S/C15H24N4O3/c16-11-5-4-8-18(9-11)12(20)10-19-13(21)15(17-14(19)22)6-2-1-3-7-15/h11H,1-10,16H2,(H,17,22). The van der Waals surface area contributed by atoms with Gasteiger partial charge in [0.2, 0.25) is 5.91 Å². The predicted molar refractivity (Wildman–Crippen MR) is 79.9 cm³/mol. The van der Waals surface area contributed by atoms with Gasteiger partial charge in [0.1, 0.15) is 12.1 Å². The van der Waals surface area contributed by atoms with Crippen molar-refractivity contribution in [1.29, 1.82) is 0 Å². The van der Waals surface area contributed by atoms with E-state index in [1.165, 1.54) is 0 Å². The van der Waals surface area contributed by atoms with Crippen LogP contribution >= 0.6 is 0 Å². The topological polar surface area (TPSA) is 95.7 Å². The predicted octanol–water partition coefficient (Wildman–Crippen LogP) is 0.191. The number of piperidine rings is 1. The Bertz CT molecular complexity index is 487. The van der Waals surface area contributed by atoms with Crippen LogP contribution in [0, 0.1) is 0 Å². The minimum Gasteiger partial charge on any atom is -0.340 e. The lowest BCUT2D eigenvalue weighted by atomic mass is 9.82. The summed E-state index contributed by atoms with van der Waals surface area (Å²) in [5.74, 6) is -0.418. The van der Waals surface area contributed by atoms with Crippen molar-refractivity contribution in [3.8, 4) is 0 Å². The lowest BCUT2D eigenvalue weighted by molar-refractivity contribution is -0.140. The number of hydrogen-bond donors (Lipinski definition) is 2. The number of carbonyl (C=O) groups is 3. The summed E-state index contributed by atoms with van der Waals surface area (Å²) in [5.41, 5.74) is 5.13. The third-order valence-corrected chi connectivity index (χ3v) is 5.06. The summed E-state index contributed by atoms with van der Waals surface area (Å²) in [6.45, 7) is 0.994. The van der Waals surface area contributed by atoms with Crippen LogP contribution in [0.2, 0.25) is 0 Å². The molecule has 3 aliphatic rings. The van der Waals surface area contributed by atoms with E-state index in [0.29, 0.717) is 25.9 Å². The van der Waals surface area contributed by atoms with Crippen LogP contribution in [0.1, 0.15) is 44.9 Å². The van der Waals surface area contributed by atoms with Gasteiger partial charge in [-0.3, -0.25) is 14.5 Å². The van der Waals surface area contributed by atoms with E-state index < -0.39 is 11.6 Å². The number of urea groups is 1. The van der Waals surface area contributed by atoms with Crippen LogP contribution in [-0.2, 0) is 9.59 Å². The van der Waals surface area contributed by atoms with Crippen molar-refractivity contribution in [1.82, 2.24) is 15.1 Å². The van der Waals surface area contributed by atoms with Crippen LogP contribution in [-0.4, -0.2) is 58.9 Å². The fraction of sp³-hybridized carbons (Fsp3) is 0.800. The van der Waals surface area contributed by atoms with Crippen LogP contribution in [0.4, 0.5) is 4.79 Å². The number of hydrogen-bond acceptors (Lipinski definition) is 4. The molecule has 0 radical (unpaired) electrons. The number of nitrogens with zero attached hydrogens (tertiary/aromatic N) is 2. The summed E-state index contributed by atoms with van der Waals surface area (Å²) in [6.07, 6.45) is 6.11. The lowest BCUT2D eigenvalue weighted by Gasteiger charge is -2.32. The molecular formula is C15H24N4O3. The minimum absolute atomic E-state index is 0.00880. The zero-order chi connectivity index (χ0) is 15.7. The van der Waals surface area contributed by atoms with Gasteiger partial charge in [-0.05, 0) is 25.7 Å². The van der Waals surface area contributed by atoms with Gasteiger partial charge in [-0.25, -0.2) is 4.79 Å². The molecule has 1 saturated carbocycles. The van der Waals surface area contributed by atoms with Crippen molar-refractivity contribution in [2.75, 3.05) is 19.6 Å². The molecular weight excluding hydrogens is 284 g/mol. The van der Waals surface area contributed by atoms with Crippen LogP contribution < -0.4 is 11.1 Å². The first-order valence-electron chi connectivity index (χ1n) is 8.19. The number of nitrogens with one attached hydrogen (secondary N) is 1. The SMILES string of the molecule is NC1CCCN(C(=O)CN2C(=O)NC3(CCCCC3)C2=O)C1. The first-order chi connectivity index (χ1) is 10.5. The number of amides is 4. The summed E-state index contributed by atoms with van der Waals surface area (Å²) in [4.78, 5) is 39.9. The molecule has 0 aromatic carbocycles. The second-order valence-electron chi connectivity index (χ2n) is 6.71. The number of carbonyl (C=O) groups excluding carboxylic acids is 3. The van der Waals surface area contributed by atoms with Gasteiger partial charge in [0.25, 0.3) is 5.91 Å². The summed E-state index contributed by atoms with van der Waals surface area (Å²) in [6, 6.07) is -0.438. The van der Waals surface area contributed by atoms with Gasteiger partial charge >= 0.3 is 6.03 Å². The summed E-state index contributed by atoms with van der Waals surface area (Å²) in [7, 11) is 0. The van der Waals surface area contributed by atoms with E-state index >= 15 is 0 Å². The quantitative estimate of drug-likeness (QED) is 0.712. The Morgan fingerprint density at radius 2 is 1.95 bits per heavy atom. The van der Waals surface area contributed by atoms with Gasteiger partial charge in [0.05, 0.1) is 0 Å². The molecule has 1 unspecified atom stereocenters. The van der Waals surface area contributed by atoms with Gasteiger partial charge in [0.15, 0.2) is 0 Å². The molecule has 122 valence electrons. The molecule has 4 amide bonds. The molecule has 2 aliphatic heterocycles. The van der Waals surface area contributed by atoms with Crippen molar-refractivity contribution in [2.24, 2.45) is 5.73 Å². The molecule has 0 bridgehead atoms. The highest BCUT2D eigenvalue weighted by Crippen LogP contribution is 2.33. The second-order valence-corrected chi connectivity index (χ2v) is 6.71. The molecule has 7 heteroatoms. The van der Waals surface area contributed by atoms with E-state index in [1.54, 1.807) is 4.90 Å². The maximum Gasteiger partial charge on any atom is 0.325 e. The van der Waals surface area contributed by atoms with E-state index in [9.17, 15) is 14.4 Å². The average molecular weight is 308 g/mol. The number of nitrogens with two attached hydrogens (primary N) is 1. The van der Waals surface area contributed by atoms with Gasteiger partial charge < -0.3 is 16.0 Å². The Kier molecular flexibility index (Phi) is 4.08. The van der Waals surface area contributed by atoms with E-state index in [4.69, 9.17) is 5.73 Å². The number of imide groups is 1. The Balaban J connectivity index is 1.65. The summed E-state index contributed by atoms with van der Waals surface area (Å²) in [5, 5.41) is 2.83. The fourth-order valence-corrected chi connectivity index (χ4v) is 3.79. The highest BCUT2D eigenvalue weighted by atomic mass is 16.2. The average Bonchev–Trinajstić information content (AvgIpc) is 2.72. The first-order valence-corrected chi connectivity index (χ1v) is 8.19. The fourth-order valence-electron chi connectivity index (χ4n) is 3.79. The monoisotopic (exact) mass is 308 g/mol. The summed E-state index contributed by atoms with van der Waals surface area (Å²) >= 11 is 0. The Morgan fingerprint density at radius 1 is 1.23 bits per heavy atom. The van der Waals surface area contributed by atoms with Crippen molar-refractivity contribution in [3.05, 3.63) is 0 Å². The van der Waals surface area contributed by atoms with Crippen molar-refractivity contribution >= 4 is 17.8 Å². The zero-order valence-corrected chi connectivity index (χ0v) is 12.8. The lowest BCUT2D eigenvalue weighted by Crippen LogP contribution is -2.51. The normalized spacial score (nSPS) is 28.1. The highest BCUT2D eigenvalue weighted by Gasteiger charge is 2.51. The molecule has 1 spiro atoms.